The lowest BCUT2D eigenvalue weighted by Crippen LogP contribution is -2.32. The van der Waals surface area contributed by atoms with Gasteiger partial charge in [0.1, 0.15) is 5.76 Å². The van der Waals surface area contributed by atoms with Crippen LogP contribution in [0.15, 0.2) is 28.9 Å². The van der Waals surface area contributed by atoms with Crippen LogP contribution in [0, 0.1) is 11.3 Å². The van der Waals surface area contributed by atoms with Crippen LogP contribution in [0.25, 0.3) is 6.08 Å². The van der Waals surface area contributed by atoms with Crippen molar-refractivity contribution >= 4 is 18.0 Å². The second-order valence-electron chi connectivity index (χ2n) is 4.14. The average molecular weight is 290 g/mol. The number of hydrogen-bond donors (Lipinski definition) is 0. The molecule has 0 radical (unpaired) electrons. The standard InChI is InChI=1S/C15H18N2O4/c1-2-20-15(19)8-11-17(10-4-9-16)14(18)7-6-13-5-3-12-21-13/h3,5-7,12H,2,4,8,10-11H2,1H3/b7-6+. The fourth-order valence-corrected chi connectivity index (χ4v) is 1.62. The summed E-state index contributed by atoms with van der Waals surface area (Å²) in [4.78, 5) is 24.8. The molecule has 6 nitrogen and oxygen atoms in total. The average Bonchev–Trinajstić information content (AvgIpc) is 2.98. The molecule has 0 unspecified atom stereocenters. The smallest absolute Gasteiger partial charge is 0.307 e. The molecule has 1 amide bonds. The van der Waals surface area contributed by atoms with Crippen molar-refractivity contribution in [3.63, 3.8) is 0 Å². The van der Waals surface area contributed by atoms with Gasteiger partial charge in [-0.3, -0.25) is 9.59 Å². The number of rotatable bonds is 8. The minimum absolute atomic E-state index is 0.111. The molecule has 21 heavy (non-hydrogen) atoms. The molecule has 1 rings (SSSR count). The van der Waals surface area contributed by atoms with E-state index >= 15 is 0 Å². The highest BCUT2D eigenvalue weighted by Gasteiger charge is 2.13. The van der Waals surface area contributed by atoms with E-state index in [0.29, 0.717) is 12.4 Å². The second kappa shape index (κ2) is 9.37. The summed E-state index contributed by atoms with van der Waals surface area (Å²) in [7, 11) is 0. The van der Waals surface area contributed by atoms with Gasteiger partial charge >= 0.3 is 5.97 Å². The molecule has 0 fully saturated rings. The van der Waals surface area contributed by atoms with Gasteiger partial charge in [-0.25, -0.2) is 0 Å². The van der Waals surface area contributed by atoms with Crippen LogP contribution in [0.1, 0.15) is 25.5 Å². The molecule has 0 atom stereocenters. The van der Waals surface area contributed by atoms with Crippen molar-refractivity contribution in [3.8, 4) is 6.07 Å². The molecule has 0 N–H and O–H groups in total. The van der Waals surface area contributed by atoms with Crippen LogP contribution in [0.3, 0.4) is 0 Å². The third-order valence-corrected chi connectivity index (χ3v) is 2.63. The largest absolute Gasteiger partial charge is 0.466 e. The van der Waals surface area contributed by atoms with Gasteiger partial charge in [-0.1, -0.05) is 0 Å². The molecule has 1 heterocycles. The SMILES string of the molecule is CCOC(=O)CCN(CCC#N)C(=O)/C=C/c1ccco1. The molecule has 1 aromatic heterocycles. The van der Waals surface area contributed by atoms with Crippen LogP contribution in [0.5, 0.6) is 0 Å². The zero-order chi connectivity index (χ0) is 15.5. The molecule has 0 spiro atoms. The number of carbonyl (C=O) groups excluding carboxylic acids is 2. The second-order valence-corrected chi connectivity index (χ2v) is 4.14. The summed E-state index contributed by atoms with van der Waals surface area (Å²) in [5.41, 5.74) is 0. The normalized spacial score (nSPS) is 10.3. The van der Waals surface area contributed by atoms with E-state index in [-0.39, 0.29) is 37.8 Å². The monoisotopic (exact) mass is 290 g/mol. The van der Waals surface area contributed by atoms with E-state index < -0.39 is 0 Å². The molecule has 1 aromatic rings. The van der Waals surface area contributed by atoms with Crippen molar-refractivity contribution in [2.24, 2.45) is 0 Å². The number of ether oxygens (including phenoxy) is 1. The molecular formula is C15H18N2O4. The number of hydrogen-bond acceptors (Lipinski definition) is 5. The highest BCUT2D eigenvalue weighted by atomic mass is 16.5. The van der Waals surface area contributed by atoms with E-state index in [1.807, 2.05) is 6.07 Å². The number of nitriles is 1. The van der Waals surface area contributed by atoms with Crippen molar-refractivity contribution < 1.29 is 18.7 Å². The number of carbonyl (C=O) groups is 2. The predicted octanol–water partition coefficient (Wildman–Crippen LogP) is 1.99. The Morgan fingerprint density at radius 1 is 1.48 bits per heavy atom. The predicted molar refractivity (Wildman–Crippen MR) is 75.8 cm³/mol. The maximum absolute atomic E-state index is 12.1. The Hall–Kier alpha value is -2.55. The van der Waals surface area contributed by atoms with Gasteiger partial charge < -0.3 is 14.1 Å². The van der Waals surface area contributed by atoms with Gasteiger partial charge in [0, 0.05) is 19.2 Å². The Morgan fingerprint density at radius 3 is 2.90 bits per heavy atom. The Kier molecular flexibility index (Phi) is 7.36. The Morgan fingerprint density at radius 2 is 2.29 bits per heavy atom. The molecule has 0 saturated carbocycles. The van der Waals surface area contributed by atoms with E-state index in [1.165, 1.54) is 17.2 Å². The molecule has 0 aliphatic carbocycles. The first-order chi connectivity index (χ1) is 10.2. The highest BCUT2D eigenvalue weighted by molar-refractivity contribution is 5.91. The maximum Gasteiger partial charge on any atom is 0.307 e. The summed E-state index contributed by atoms with van der Waals surface area (Å²) in [6.45, 7) is 2.53. The lowest BCUT2D eigenvalue weighted by molar-refractivity contribution is -0.143. The van der Waals surface area contributed by atoms with E-state index in [2.05, 4.69) is 0 Å². The zero-order valence-electron chi connectivity index (χ0n) is 11.9. The summed E-state index contributed by atoms with van der Waals surface area (Å²) in [6, 6.07) is 5.43. The Labute approximate surface area is 123 Å². The lowest BCUT2D eigenvalue weighted by atomic mass is 10.3. The van der Waals surface area contributed by atoms with Crippen LogP contribution >= 0.6 is 0 Å². The molecule has 0 aliphatic rings. The lowest BCUT2D eigenvalue weighted by Gasteiger charge is -2.19. The number of nitrogens with zero attached hydrogens (tertiary/aromatic N) is 2. The zero-order valence-corrected chi connectivity index (χ0v) is 11.9. The number of esters is 1. The molecule has 0 aliphatic heterocycles. The van der Waals surface area contributed by atoms with Gasteiger partial charge in [0.15, 0.2) is 0 Å². The highest BCUT2D eigenvalue weighted by Crippen LogP contribution is 2.04. The first-order valence-electron chi connectivity index (χ1n) is 6.70. The van der Waals surface area contributed by atoms with Crippen LogP contribution in [-0.4, -0.2) is 36.5 Å². The number of amides is 1. The molecule has 0 bridgehead atoms. The summed E-state index contributed by atoms with van der Waals surface area (Å²) >= 11 is 0. The van der Waals surface area contributed by atoms with Crippen molar-refractivity contribution in [2.45, 2.75) is 19.8 Å². The molecule has 112 valence electrons. The fourth-order valence-electron chi connectivity index (χ4n) is 1.62. The number of furan rings is 1. The molecule has 0 saturated heterocycles. The van der Waals surface area contributed by atoms with E-state index in [9.17, 15) is 9.59 Å². The van der Waals surface area contributed by atoms with Gasteiger partial charge in [0.2, 0.25) is 5.91 Å². The third-order valence-electron chi connectivity index (χ3n) is 2.63. The minimum atomic E-state index is -0.359. The first-order valence-corrected chi connectivity index (χ1v) is 6.70. The summed E-state index contributed by atoms with van der Waals surface area (Å²) < 4.78 is 9.91. The van der Waals surface area contributed by atoms with Crippen molar-refractivity contribution in [1.82, 2.24) is 4.90 Å². The van der Waals surface area contributed by atoms with Crippen LogP contribution < -0.4 is 0 Å². The summed E-state index contributed by atoms with van der Waals surface area (Å²) in [5, 5.41) is 8.63. The molecule has 6 heteroatoms. The van der Waals surface area contributed by atoms with Gasteiger partial charge in [0.05, 0.1) is 31.8 Å². The fraction of sp³-hybridized carbons (Fsp3) is 0.400. The quantitative estimate of drug-likeness (QED) is 0.540. The summed E-state index contributed by atoms with van der Waals surface area (Å²) in [5.74, 6) is -0.0674. The van der Waals surface area contributed by atoms with Crippen LogP contribution in [0.2, 0.25) is 0 Å². The van der Waals surface area contributed by atoms with Gasteiger partial charge in [0.25, 0.3) is 0 Å². The maximum atomic E-state index is 12.1. The Balaban J connectivity index is 2.56. The van der Waals surface area contributed by atoms with E-state index in [0.717, 1.165) is 0 Å². The van der Waals surface area contributed by atoms with Crippen molar-refractivity contribution in [3.05, 3.63) is 30.2 Å². The molecular weight excluding hydrogens is 272 g/mol. The third kappa shape index (κ3) is 6.43. The van der Waals surface area contributed by atoms with E-state index in [1.54, 1.807) is 25.1 Å². The summed E-state index contributed by atoms with van der Waals surface area (Å²) in [6.07, 6.45) is 4.74. The van der Waals surface area contributed by atoms with Crippen molar-refractivity contribution in [2.75, 3.05) is 19.7 Å². The first kappa shape index (κ1) is 16.5. The van der Waals surface area contributed by atoms with Crippen LogP contribution in [-0.2, 0) is 14.3 Å². The minimum Gasteiger partial charge on any atom is -0.466 e. The molecule has 0 aromatic carbocycles. The van der Waals surface area contributed by atoms with Gasteiger partial charge in [-0.15, -0.1) is 0 Å². The van der Waals surface area contributed by atoms with E-state index in [4.69, 9.17) is 14.4 Å². The van der Waals surface area contributed by atoms with Gasteiger partial charge in [-0.2, -0.15) is 5.26 Å². The van der Waals surface area contributed by atoms with Crippen LogP contribution in [0.4, 0.5) is 0 Å². The van der Waals surface area contributed by atoms with Crippen molar-refractivity contribution in [1.29, 1.82) is 5.26 Å². The Bertz CT molecular complexity index is 514. The topological polar surface area (TPSA) is 83.5 Å². The van der Waals surface area contributed by atoms with Gasteiger partial charge in [-0.05, 0) is 25.1 Å².